The summed E-state index contributed by atoms with van der Waals surface area (Å²) in [5.74, 6) is 1.66. The van der Waals surface area contributed by atoms with Gasteiger partial charge in [-0.25, -0.2) is 4.68 Å². The molecule has 0 bridgehead atoms. The molecule has 1 N–H and O–H groups in total. The number of fused-ring (bicyclic) bond motifs is 1. The summed E-state index contributed by atoms with van der Waals surface area (Å²) in [6, 6.07) is 19.3. The highest BCUT2D eigenvalue weighted by atomic mass is 16.1. The second-order valence-electron chi connectivity index (χ2n) is 7.86. The van der Waals surface area contributed by atoms with E-state index in [1.165, 1.54) is 6.42 Å². The van der Waals surface area contributed by atoms with Crippen LogP contribution in [0.15, 0.2) is 60.7 Å². The van der Waals surface area contributed by atoms with Crippen LogP contribution in [-0.4, -0.2) is 30.5 Å². The van der Waals surface area contributed by atoms with Crippen LogP contribution in [0.25, 0.3) is 17.1 Å². The van der Waals surface area contributed by atoms with Crippen molar-refractivity contribution < 1.29 is 4.79 Å². The fourth-order valence-corrected chi connectivity index (χ4v) is 4.05. The minimum absolute atomic E-state index is 0.241. The minimum atomic E-state index is -0.241. The number of benzene rings is 2. The largest absolute Gasteiger partial charge is 0.321 e. The van der Waals surface area contributed by atoms with Crippen LogP contribution in [0.5, 0.6) is 0 Å². The van der Waals surface area contributed by atoms with Crippen molar-refractivity contribution in [3.8, 4) is 17.1 Å². The van der Waals surface area contributed by atoms with Crippen molar-refractivity contribution in [3.63, 3.8) is 0 Å². The number of anilines is 1. The van der Waals surface area contributed by atoms with E-state index in [9.17, 15) is 4.79 Å². The van der Waals surface area contributed by atoms with Crippen LogP contribution in [0.3, 0.4) is 0 Å². The number of hydrogen-bond acceptors (Lipinski definition) is 4. The molecule has 0 spiro atoms. The molecule has 7 heteroatoms. The van der Waals surface area contributed by atoms with Crippen LogP contribution >= 0.6 is 0 Å². The van der Waals surface area contributed by atoms with Gasteiger partial charge in [-0.15, -0.1) is 10.2 Å². The molecule has 3 heterocycles. The van der Waals surface area contributed by atoms with E-state index in [-0.39, 0.29) is 5.91 Å². The number of hydrogen-bond donors (Lipinski definition) is 1. The third-order valence-electron chi connectivity index (χ3n) is 5.61. The van der Waals surface area contributed by atoms with Gasteiger partial charge in [0, 0.05) is 29.9 Å². The molecular formula is C24H24N6O. The van der Waals surface area contributed by atoms with Crippen molar-refractivity contribution in [2.75, 3.05) is 5.32 Å². The highest BCUT2D eigenvalue weighted by Crippen LogP contribution is 2.25. The molecule has 1 amide bonds. The van der Waals surface area contributed by atoms with Gasteiger partial charge in [-0.3, -0.25) is 4.79 Å². The number of aromatic nitrogens is 5. The summed E-state index contributed by atoms with van der Waals surface area (Å²) in [7, 11) is 0. The standard InChI is InChI=1S/C24H24N6O/c1-17-15-21(28-30(17)20-11-4-2-5-12-20)24(31)25-19-10-8-9-18(16-19)23-27-26-22-13-6-3-7-14-29(22)23/h2,4-5,8-12,15-16H,3,6-7,13-14H2,1H3,(H,25,31). The van der Waals surface area contributed by atoms with Gasteiger partial charge in [0.25, 0.3) is 5.91 Å². The topological polar surface area (TPSA) is 77.6 Å². The minimum Gasteiger partial charge on any atom is -0.321 e. The first-order chi connectivity index (χ1) is 15.2. The van der Waals surface area contributed by atoms with E-state index in [0.29, 0.717) is 11.4 Å². The number of carbonyl (C=O) groups is 1. The fourth-order valence-electron chi connectivity index (χ4n) is 4.05. The first-order valence-corrected chi connectivity index (χ1v) is 10.6. The zero-order chi connectivity index (χ0) is 21.2. The maximum atomic E-state index is 12.9. The third-order valence-corrected chi connectivity index (χ3v) is 5.61. The summed E-state index contributed by atoms with van der Waals surface area (Å²) in [5, 5.41) is 16.3. The van der Waals surface area contributed by atoms with Gasteiger partial charge < -0.3 is 9.88 Å². The van der Waals surface area contributed by atoms with Gasteiger partial charge >= 0.3 is 0 Å². The zero-order valence-electron chi connectivity index (χ0n) is 17.5. The second kappa shape index (κ2) is 8.18. The van der Waals surface area contributed by atoms with Gasteiger partial charge in [-0.1, -0.05) is 36.8 Å². The first-order valence-electron chi connectivity index (χ1n) is 10.6. The molecule has 31 heavy (non-hydrogen) atoms. The molecule has 1 aliphatic heterocycles. The molecule has 2 aromatic carbocycles. The van der Waals surface area contributed by atoms with Crippen LogP contribution in [0, 0.1) is 6.92 Å². The molecule has 0 aliphatic carbocycles. The summed E-state index contributed by atoms with van der Waals surface area (Å²) in [6.07, 6.45) is 4.47. The second-order valence-corrected chi connectivity index (χ2v) is 7.86. The van der Waals surface area contributed by atoms with E-state index >= 15 is 0 Å². The lowest BCUT2D eigenvalue weighted by molar-refractivity contribution is 0.102. The van der Waals surface area contributed by atoms with Crippen molar-refractivity contribution in [1.29, 1.82) is 0 Å². The molecular weight excluding hydrogens is 388 g/mol. The molecule has 5 rings (SSSR count). The Labute approximate surface area is 180 Å². The lowest BCUT2D eigenvalue weighted by atomic mass is 10.2. The van der Waals surface area contributed by atoms with E-state index in [1.807, 2.05) is 61.5 Å². The average Bonchev–Trinajstić information content (AvgIpc) is 3.30. The summed E-state index contributed by atoms with van der Waals surface area (Å²) in [4.78, 5) is 12.9. The van der Waals surface area contributed by atoms with Crippen molar-refractivity contribution in [1.82, 2.24) is 24.5 Å². The number of nitrogens with one attached hydrogen (secondary N) is 1. The zero-order valence-corrected chi connectivity index (χ0v) is 17.5. The summed E-state index contributed by atoms with van der Waals surface area (Å²) in [5.41, 5.74) is 3.86. The Kier molecular flexibility index (Phi) is 5.08. The lowest BCUT2D eigenvalue weighted by Gasteiger charge is -2.09. The van der Waals surface area contributed by atoms with Crippen LogP contribution in [0.1, 0.15) is 41.3 Å². The summed E-state index contributed by atoms with van der Waals surface area (Å²) < 4.78 is 3.98. The molecule has 4 aromatic rings. The summed E-state index contributed by atoms with van der Waals surface area (Å²) in [6.45, 7) is 2.87. The summed E-state index contributed by atoms with van der Waals surface area (Å²) >= 11 is 0. The lowest BCUT2D eigenvalue weighted by Crippen LogP contribution is -2.13. The molecule has 2 aromatic heterocycles. The quantitative estimate of drug-likeness (QED) is 0.538. The SMILES string of the molecule is Cc1cc(C(=O)Nc2cccc(-c3nnc4n3CCCCC4)c2)nn1-c1ccccc1. The molecule has 156 valence electrons. The number of carbonyl (C=O) groups excluding carboxylic acids is 1. The number of rotatable bonds is 4. The number of aryl methyl sites for hydroxylation is 2. The van der Waals surface area contributed by atoms with Crippen LogP contribution in [0.2, 0.25) is 0 Å². The van der Waals surface area contributed by atoms with Crippen molar-refractivity contribution in [2.45, 2.75) is 39.2 Å². The van der Waals surface area contributed by atoms with E-state index in [1.54, 1.807) is 10.7 Å². The number of para-hydroxylation sites is 1. The molecule has 0 saturated heterocycles. The third kappa shape index (κ3) is 3.86. The highest BCUT2D eigenvalue weighted by molar-refractivity contribution is 6.03. The predicted molar refractivity (Wildman–Crippen MR) is 119 cm³/mol. The van der Waals surface area contributed by atoms with Gasteiger partial charge in [0.2, 0.25) is 0 Å². The maximum Gasteiger partial charge on any atom is 0.276 e. The highest BCUT2D eigenvalue weighted by Gasteiger charge is 2.17. The predicted octanol–water partition coefficient (Wildman–Crippen LogP) is 4.42. The molecule has 0 unspecified atom stereocenters. The molecule has 0 atom stereocenters. The van der Waals surface area contributed by atoms with Crippen LogP contribution < -0.4 is 5.32 Å². The number of nitrogens with zero attached hydrogens (tertiary/aromatic N) is 5. The molecule has 0 radical (unpaired) electrons. The Bertz CT molecular complexity index is 1220. The Balaban J connectivity index is 1.38. The Hall–Kier alpha value is -3.74. The van der Waals surface area contributed by atoms with Gasteiger partial charge in [0.05, 0.1) is 5.69 Å². The maximum absolute atomic E-state index is 12.9. The van der Waals surface area contributed by atoms with Crippen molar-refractivity contribution in [3.05, 3.63) is 77.9 Å². The Morgan fingerprint density at radius 3 is 2.71 bits per heavy atom. The van der Waals surface area contributed by atoms with Gasteiger partial charge in [0.1, 0.15) is 5.82 Å². The van der Waals surface area contributed by atoms with E-state index in [2.05, 4.69) is 25.2 Å². The monoisotopic (exact) mass is 412 g/mol. The fraction of sp³-hybridized carbons (Fsp3) is 0.250. The van der Waals surface area contributed by atoms with Crippen molar-refractivity contribution in [2.24, 2.45) is 0 Å². The Morgan fingerprint density at radius 1 is 0.968 bits per heavy atom. The molecule has 0 fully saturated rings. The van der Waals surface area contributed by atoms with Gasteiger partial charge in [-0.2, -0.15) is 5.10 Å². The first kappa shape index (κ1) is 19.2. The normalized spacial score (nSPS) is 13.5. The average molecular weight is 412 g/mol. The van der Waals surface area contributed by atoms with E-state index < -0.39 is 0 Å². The molecule has 7 nitrogen and oxygen atoms in total. The van der Waals surface area contributed by atoms with E-state index in [4.69, 9.17) is 0 Å². The molecule has 0 saturated carbocycles. The smallest absolute Gasteiger partial charge is 0.276 e. The van der Waals surface area contributed by atoms with Gasteiger partial charge in [-0.05, 0) is 50.1 Å². The van der Waals surface area contributed by atoms with E-state index in [0.717, 1.165) is 54.4 Å². The Morgan fingerprint density at radius 2 is 1.84 bits per heavy atom. The van der Waals surface area contributed by atoms with Crippen LogP contribution in [-0.2, 0) is 13.0 Å². The molecule has 1 aliphatic rings. The van der Waals surface area contributed by atoms with Crippen LogP contribution in [0.4, 0.5) is 5.69 Å². The van der Waals surface area contributed by atoms with Crippen molar-refractivity contribution >= 4 is 11.6 Å². The van der Waals surface area contributed by atoms with Gasteiger partial charge in [0.15, 0.2) is 11.5 Å². The number of amides is 1.